The highest BCUT2D eigenvalue weighted by atomic mass is 16.2. The maximum absolute atomic E-state index is 11.3. The second kappa shape index (κ2) is 7.63. The maximum atomic E-state index is 11.3. The van der Waals surface area contributed by atoms with Crippen LogP contribution in [0.2, 0.25) is 0 Å². The average molecular weight is 230 g/mol. The molecular weight excluding hydrogens is 212 g/mol. The molecule has 7 heteroatoms. The van der Waals surface area contributed by atoms with Crippen molar-refractivity contribution >= 4 is 17.7 Å². The predicted molar refractivity (Wildman–Crippen MR) is 58.4 cm³/mol. The summed E-state index contributed by atoms with van der Waals surface area (Å²) in [6, 6.07) is 0. The van der Waals surface area contributed by atoms with Gasteiger partial charge in [0.1, 0.15) is 0 Å². The van der Waals surface area contributed by atoms with E-state index in [4.69, 9.17) is 5.73 Å². The minimum Gasteiger partial charge on any atom is -0.358 e. The molecule has 0 aromatic carbocycles. The zero-order valence-electron chi connectivity index (χ0n) is 9.58. The lowest BCUT2D eigenvalue weighted by atomic mass is 10.4. The topological polar surface area (TPSA) is 105 Å². The first kappa shape index (κ1) is 14.4. The van der Waals surface area contributed by atoms with Crippen LogP contribution in [-0.4, -0.2) is 55.8 Å². The number of rotatable bonds is 6. The molecule has 0 fully saturated rings. The van der Waals surface area contributed by atoms with Gasteiger partial charge in [0.15, 0.2) is 0 Å². The van der Waals surface area contributed by atoms with E-state index < -0.39 is 0 Å². The molecule has 0 aliphatic carbocycles. The minimum atomic E-state index is -0.325. The Hall–Kier alpha value is -1.63. The molecule has 92 valence electrons. The summed E-state index contributed by atoms with van der Waals surface area (Å²) in [5, 5.41) is 4.95. The summed E-state index contributed by atoms with van der Waals surface area (Å²) in [4.78, 5) is 34.4. The van der Waals surface area contributed by atoms with Crippen molar-refractivity contribution in [3.05, 3.63) is 0 Å². The summed E-state index contributed by atoms with van der Waals surface area (Å²) in [7, 11) is 1.49. The van der Waals surface area contributed by atoms with E-state index in [9.17, 15) is 14.4 Å². The highest BCUT2D eigenvalue weighted by molar-refractivity contribution is 5.85. The molecule has 0 aliphatic rings. The van der Waals surface area contributed by atoms with Crippen LogP contribution in [0.25, 0.3) is 0 Å². The van der Waals surface area contributed by atoms with E-state index >= 15 is 0 Å². The van der Waals surface area contributed by atoms with E-state index in [-0.39, 0.29) is 37.4 Å². The maximum Gasteiger partial charge on any atom is 0.239 e. The van der Waals surface area contributed by atoms with Crippen LogP contribution in [0.5, 0.6) is 0 Å². The lowest BCUT2D eigenvalue weighted by Gasteiger charge is -2.21. The fourth-order valence-corrected chi connectivity index (χ4v) is 1.04. The molecule has 0 unspecified atom stereocenters. The summed E-state index contributed by atoms with van der Waals surface area (Å²) in [6.07, 6.45) is 0. The Bertz CT molecular complexity index is 267. The molecule has 16 heavy (non-hydrogen) atoms. The summed E-state index contributed by atoms with van der Waals surface area (Å²) >= 11 is 0. The number of nitrogens with one attached hydrogen (secondary N) is 2. The van der Waals surface area contributed by atoms with Crippen molar-refractivity contribution in [1.29, 1.82) is 0 Å². The van der Waals surface area contributed by atoms with E-state index in [1.807, 2.05) is 0 Å². The molecule has 0 saturated heterocycles. The minimum absolute atomic E-state index is 0.0495. The van der Waals surface area contributed by atoms with Crippen molar-refractivity contribution in [3.8, 4) is 0 Å². The van der Waals surface area contributed by atoms with Crippen LogP contribution in [0.15, 0.2) is 0 Å². The second-order valence-corrected chi connectivity index (χ2v) is 3.18. The van der Waals surface area contributed by atoms with Gasteiger partial charge in [0.2, 0.25) is 17.7 Å². The van der Waals surface area contributed by atoms with Crippen molar-refractivity contribution in [3.63, 3.8) is 0 Å². The number of nitrogens with zero attached hydrogens (tertiary/aromatic N) is 1. The van der Waals surface area contributed by atoms with E-state index in [1.54, 1.807) is 0 Å². The molecule has 0 saturated carbocycles. The molecular formula is C9H18N4O3. The Morgan fingerprint density at radius 3 is 2.38 bits per heavy atom. The van der Waals surface area contributed by atoms with Crippen LogP contribution in [-0.2, 0) is 14.4 Å². The van der Waals surface area contributed by atoms with E-state index in [0.29, 0.717) is 6.54 Å². The molecule has 0 aromatic rings. The molecule has 0 heterocycles. The number of likely N-dealkylation sites (N-methyl/N-ethyl adjacent to an activating group) is 1. The van der Waals surface area contributed by atoms with E-state index in [1.165, 1.54) is 18.9 Å². The molecule has 7 nitrogen and oxygen atoms in total. The smallest absolute Gasteiger partial charge is 0.239 e. The fraction of sp³-hybridized carbons (Fsp3) is 0.667. The van der Waals surface area contributed by atoms with Gasteiger partial charge in [-0.25, -0.2) is 0 Å². The first-order valence-corrected chi connectivity index (χ1v) is 4.94. The normalized spacial score (nSPS) is 9.44. The van der Waals surface area contributed by atoms with E-state index in [0.717, 1.165) is 0 Å². The Kier molecular flexibility index (Phi) is 6.86. The number of hydrogen-bond donors (Lipinski definition) is 3. The zero-order chi connectivity index (χ0) is 12.6. The Morgan fingerprint density at radius 2 is 1.94 bits per heavy atom. The predicted octanol–water partition coefficient (Wildman–Crippen LogP) is -2.34. The molecule has 4 N–H and O–H groups in total. The van der Waals surface area contributed by atoms with Crippen molar-refractivity contribution in [2.45, 2.75) is 6.92 Å². The first-order chi connectivity index (χ1) is 7.51. The standard InChI is InChI=1S/C9H18N4O3/c1-7(14)12-3-4-13(9(16)5-10)6-8(15)11-2/h3-6,10H2,1-2H3,(H,11,15)(H,12,14). The van der Waals surface area contributed by atoms with Crippen LogP contribution in [0.3, 0.4) is 0 Å². The van der Waals surface area contributed by atoms with Crippen LogP contribution in [0.4, 0.5) is 0 Å². The molecule has 0 atom stereocenters. The van der Waals surface area contributed by atoms with Crippen molar-refractivity contribution in [2.24, 2.45) is 5.73 Å². The Labute approximate surface area is 94.3 Å². The Balaban J connectivity index is 4.15. The van der Waals surface area contributed by atoms with Crippen LogP contribution in [0.1, 0.15) is 6.92 Å². The van der Waals surface area contributed by atoms with Gasteiger partial charge >= 0.3 is 0 Å². The Morgan fingerprint density at radius 1 is 1.31 bits per heavy atom. The van der Waals surface area contributed by atoms with E-state index in [2.05, 4.69) is 10.6 Å². The lowest BCUT2D eigenvalue weighted by molar-refractivity contribution is -0.134. The number of carbonyl (C=O) groups is 3. The van der Waals surface area contributed by atoms with Gasteiger partial charge in [-0.15, -0.1) is 0 Å². The molecule has 0 spiro atoms. The number of amides is 3. The van der Waals surface area contributed by atoms with Gasteiger partial charge in [0.25, 0.3) is 0 Å². The van der Waals surface area contributed by atoms with Gasteiger partial charge in [-0.2, -0.15) is 0 Å². The lowest BCUT2D eigenvalue weighted by Crippen LogP contribution is -2.45. The third-order valence-corrected chi connectivity index (χ3v) is 1.90. The first-order valence-electron chi connectivity index (χ1n) is 4.94. The number of hydrogen-bond acceptors (Lipinski definition) is 4. The molecule has 0 rings (SSSR count). The molecule has 0 bridgehead atoms. The molecule has 0 aliphatic heterocycles. The quantitative estimate of drug-likeness (QED) is 0.475. The van der Waals surface area contributed by atoms with Gasteiger partial charge in [-0.1, -0.05) is 0 Å². The van der Waals surface area contributed by atoms with Crippen LogP contribution in [0, 0.1) is 0 Å². The summed E-state index contributed by atoms with van der Waals surface area (Å²) in [5.41, 5.74) is 5.21. The zero-order valence-corrected chi connectivity index (χ0v) is 9.58. The molecule has 0 radical (unpaired) electrons. The third kappa shape index (κ3) is 5.97. The van der Waals surface area contributed by atoms with Gasteiger partial charge in [0.05, 0.1) is 13.1 Å². The summed E-state index contributed by atoms with van der Waals surface area (Å²) < 4.78 is 0. The highest BCUT2D eigenvalue weighted by Gasteiger charge is 2.14. The second-order valence-electron chi connectivity index (χ2n) is 3.18. The van der Waals surface area contributed by atoms with Gasteiger partial charge in [-0.3, -0.25) is 14.4 Å². The van der Waals surface area contributed by atoms with Gasteiger partial charge < -0.3 is 21.3 Å². The molecule has 0 aromatic heterocycles. The summed E-state index contributed by atoms with van der Waals surface area (Å²) in [6.45, 7) is 1.75. The van der Waals surface area contributed by atoms with Gasteiger partial charge in [-0.05, 0) is 0 Å². The van der Waals surface area contributed by atoms with Crippen molar-refractivity contribution in [2.75, 3.05) is 33.2 Å². The number of nitrogens with two attached hydrogens (primary N) is 1. The van der Waals surface area contributed by atoms with Crippen molar-refractivity contribution < 1.29 is 14.4 Å². The fourth-order valence-electron chi connectivity index (χ4n) is 1.04. The third-order valence-electron chi connectivity index (χ3n) is 1.90. The van der Waals surface area contributed by atoms with Gasteiger partial charge in [0, 0.05) is 27.1 Å². The number of carbonyl (C=O) groups excluding carboxylic acids is 3. The SMILES string of the molecule is CNC(=O)CN(CCNC(C)=O)C(=O)CN. The van der Waals surface area contributed by atoms with Crippen LogP contribution < -0.4 is 16.4 Å². The highest BCUT2D eigenvalue weighted by Crippen LogP contribution is 1.88. The largest absolute Gasteiger partial charge is 0.358 e. The van der Waals surface area contributed by atoms with Crippen molar-refractivity contribution in [1.82, 2.24) is 15.5 Å². The van der Waals surface area contributed by atoms with Crippen LogP contribution >= 0.6 is 0 Å². The monoisotopic (exact) mass is 230 g/mol. The summed E-state index contributed by atoms with van der Waals surface area (Å²) in [5.74, 6) is -0.779. The molecule has 3 amide bonds. The average Bonchev–Trinajstić information content (AvgIpc) is 2.25.